The number of amides is 2. The first-order valence-corrected chi connectivity index (χ1v) is 18.8. The number of rotatable bonds is 16. The van der Waals surface area contributed by atoms with E-state index in [4.69, 9.17) is 16.3 Å². The van der Waals surface area contributed by atoms with Crippen LogP contribution in [0.4, 0.5) is 5.69 Å². The Kier molecular flexibility index (Phi) is 13.4. The fourth-order valence-electron chi connectivity index (χ4n) is 5.07. The minimum Gasteiger partial charge on any atom is -0.494 e. The van der Waals surface area contributed by atoms with E-state index in [0.29, 0.717) is 29.5 Å². The monoisotopic (exact) mass is 707 g/mol. The standard InChI is InChI=1S/C37H42ClN3O5S2/c1-5-46-31-17-15-30(16-18-31)41(48(44,45)33-21-19-32(47-4)20-22-33)26-36(42)40(25-29-13-9-10-14-34(29)38)35(37(43)39-24-27(2)3)23-28-11-7-6-8-12-28/h6-22,27,35H,5,23-26H2,1-4H3,(H,39,43)/t35-/m1/s1. The molecule has 0 spiro atoms. The Hall–Kier alpha value is -3.99. The smallest absolute Gasteiger partial charge is 0.264 e. The molecule has 1 atom stereocenters. The summed E-state index contributed by atoms with van der Waals surface area (Å²) in [6.07, 6.45) is 2.12. The van der Waals surface area contributed by atoms with Crippen LogP contribution in [-0.4, -0.2) is 57.1 Å². The van der Waals surface area contributed by atoms with E-state index in [1.807, 2.05) is 63.4 Å². The van der Waals surface area contributed by atoms with Crippen molar-refractivity contribution in [2.45, 2.75) is 49.6 Å². The van der Waals surface area contributed by atoms with Crippen molar-refractivity contribution in [1.82, 2.24) is 10.2 Å². The molecular weight excluding hydrogens is 666 g/mol. The molecule has 1 N–H and O–H groups in total. The van der Waals surface area contributed by atoms with Crippen LogP contribution in [0.5, 0.6) is 5.75 Å². The van der Waals surface area contributed by atoms with Gasteiger partial charge in [-0.05, 0) is 84.8 Å². The molecule has 0 aliphatic rings. The number of halogens is 1. The molecule has 0 radical (unpaired) electrons. The van der Waals surface area contributed by atoms with Crippen molar-refractivity contribution in [3.63, 3.8) is 0 Å². The molecule has 0 unspecified atom stereocenters. The fourth-order valence-corrected chi connectivity index (χ4v) is 7.08. The zero-order chi connectivity index (χ0) is 34.7. The average Bonchev–Trinajstić information content (AvgIpc) is 3.09. The van der Waals surface area contributed by atoms with Crippen molar-refractivity contribution >= 4 is 50.9 Å². The summed E-state index contributed by atoms with van der Waals surface area (Å²) in [5.41, 5.74) is 1.76. The summed E-state index contributed by atoms with van der Waals surface area (Å²) in [4.78, 5) is 30.9. The quantitative estimate of drug-likeness (QED) is 0.125. The van der Waals surface area contributed by atoms with Crippen LogP contribution in [-0.2, 0) is 32.6 Å². The molecule has 0 aliphatic heterocycles. The molecule has 0 saturated heterocycles. The number of nitrogens with one attached hydrogen (secondary N) is 1. The topological polar surface area (TPSA) is 96.0 Å². The first-order valence-electron chi connectivity index (χ1n) is 15.8. The van der Waals surface area contributed by atoms with Gasteiger partial charge in [0.2, 0.25) is 11.8 Å². The molecule has 11 heteroatoms. The molecule has 0 aliphatic carbocycles. The molecule has 4 rings (SSSR count). The summed E-state index contributed by atoms with van der Waals surface area (Å²) in [7, 11) is -4.23. The third-order valence-electron chi connectivity index (χ3n) is 7.62. The Morgan fingerprint density at radius 3 is 2.15 bits per heavy atom. The third-order valence-corrected chi connectivity index (χ3v) is 10.5. The van der Waals surface area contributed by atoms with Gasteiger partial charge in [-0.15, -0.1) is 11.8 Å². The van der Waals surface area contributed by atoms with Gasteiger partial charge in [-0.3, -0.25) is 13.9 Å². The highest BCUT2D eigenvalue weighted by molar-refractivity contribution is 7.98. The number of carbonyl (C=O) groups excluding carboxylic acids is 2. The van der Waals surface area contributed by atoms with Gasteiger partial charge in [-0.2, -0.15) is 0 Å². The van der Waals surface area contributed by atoms with Gasteiger partial charge >= 0.3 is 0 Å². The fraction of sp³-hybridized carbons (Fsp3) is 0.297. The summed E-state index contributed by atoms with van der Waals surface area (Å²) < 4.78 is 35.3. The van der Waals surface area contributed by atoms with Gasteiger partial charge in [-0.25, -0.2) is 8.42 Å². The normalized spacial score (nSPS) is 12.0. The molecule has 0 aromatic heterocycles. The van der Waals surface area contributed by atoms with Crippen molar-refractivity contribution in [3.8, 4) is 5.75 Å². The predicted molar refractivity (Wildman–Crippen MR) is 194 cm³/mol. The first-order chi connectivity index (χ1) is 23.0. The Labute approximate surface area is 293 Å². The lowest BCUT2D eigenvalue weighted by molar-refractivity contribution is -0.140. The molecule has 0 fully saturated rings. The van der Waals surface area contributed by atoms with E-state index in [9.17, 15) is 18.0 Å². The van der Waals surface area contributed by atoms with Gasteiger partial charge in [0.15, 0.2) is 0 Å². The zero-order valence-electron chi connectivity index (χ0n) is 27.6. The molecule has 0 bridgehead atoms. The second-order valence-electron chi connectivity index (χ2n) is 11.6. The summed E-state index contributed by atoms with van der Waals surface area (Å²) in [5.74, 6) is -0.152. The lowest BCUT2D eigenvalue weighted by Gasteiger charge is -2.34. The van der Waals surface area contributed by atoms with Crippen LogP contribution in [0.1, 0.15) is 31.9 Å². The van der Waals surface area contributed by atoms with Crippen LogP contribution in [0.25, 0.3) is 0 Å². The van der Waals surface area contributed by atoms with E-state index in [1.54, 1.807) is 54.6 Å². The van der Waals surface area contributed by atoms with Gasteiger partial charge < -0.3 is 15.0 Å². The molecule has 4 aromatic carbocycles. The Bertz CT molecular complexity index is 1750. The summed E-state index contributed by atoms with van der Waals surface area (Å²) in [6.45, 7) is 6.13. The van der Waals surface area contributed by atoms with E-state index >= 15 is 0 Å². The maximum atomic E-state index is 14.6. The van der Waals surface area contributed by atoms with E-state index in [0.717, 1.165) is 14.8 Å². The number of thioether (sulfide) groups is 1. The number of hydrogen-bond acceptors (Lipinski definition) is 6. The van der Waals surface area contributed by atoms with Crippen molar-refractivity contribution in [1.29, 1.82) is 0 Å². The Morgan fingerprint density at radius 2 is 1.54 bits per heavy atom. The lowest BCUT2D eigenvalue weighted by atomic mass is 10.0. The molecule has 254 valence electrons. The summed E-state index contributed by atoms with van der Waals surface area (Å²) in [6, 6.07) is 28.7. The summed E-state index contributed by atoms with van der Waals surface area (Å²) in [5, 5.41) is 3.43. The minimum absolute atomic E-state index is 0.00924. The molecule has 48 heavy (non-hydrogen) atoms. The van der Waals surface area contributed by atoms with Crippen LogP contribution in [0.3, 0.4) is 0 Å². The number of hydrogen-bond donors (Lipinski definition) is 1. The minimum atomic E-state index is -4.23. The average molecular weight is 708 g/mol. The van der Waals surface area contributed by atoms with Gasteiger partial charge in [0.05, 0.1) is 17.2 Å². The van der Waals surface area contributed by atoms with Gasteiger partial charge in [-0.1, -0.05) is 74.0 Å². The van der Waals surface area contributed by atoms with Crippen molar-refractivity contribution in [2.75, 3.05) is 30.3 Å². The zero-order valence-corrected chi connectivity index (χ0v) is 30.0. The molecule has 8 nitrogen and oxygen atoms in total. The first kappa shape index (κ1) is 36.8. The summed E-state index contributed by atoms with van der Waals surface area (Å²) >= 11 is 8.08. The van der Waals surface area contributed by atoms with Gasteiger partial charge in [0, 0.05) is 29.4 Å². The van der Waals surface area contributed by atoms with Crippen molar-refractivity contribution in [3.05, 3.63) is 119 Å². The number of carbonyl (C=O) groups is 2. The number of sulfonamides is 1. The van der Waals surface area contributed by atoms with E-state index < -0.39 is 28.5 Å². The van der Waals surface area contributed by atoms with Crippen LogP contribution in [0, 0.1) is 5.92 Å². The molecule has 0 saturated carbocycles. The number of benzene rings is 4. The van der Waals surface area contributed by atoms with Crippen LogP contribution in [0.15, 0.2) is 113 Å². The predicted octanol–water partition coefficient (Wildman–Crippen LogP) is 7.07. The molecule has 2 amide bonds. The van der Waals surface area contributed by atoms with E-state index in [-0.39, 0.29) is 35.4 Å². The number of ether oxygens (including phenoxy) is 1. The molecule has 0 heterocycles. The SMILES string of the molecule is CCOc1ccc(N(CC(=O)N(Cc2ccccc2Cl)[C@H](Cc2ccccc2)C(=O)NCC(C)C)S(=O)(=O)c2ccc(SC)cc2)cc1. The Balaban J connectivity index is 1.81. The van der Waals surface area contributed by atoms with Crippen LogP contribution >= 0.6 is 23.4 Å². The van der Waals surface area contributed by atoms with Crippen molar-refractivity contribution < 1.29 is 22.7 Å². The third kappa shape index (κ3) is 9.78. The number of nitrogens with zero attached hydrogens (tertiary/aromatic N) is 2. The highest BCUT2D eigenvalue weighted by Gasteiger charge is 2.35. The lowest BCUT2D eigenvalue weighted by Crippen LogP contribution is -2.53. The van der Waals surface area contributed by atoms with E-state index in [1.165, 1.54) is 28.8 Å². The maximum absolute atomic E-state index is 14.6. The van der Waals surface area contributed by atoms with Crippen molar-refractivity contribution in [2.24, 2.45) is 5.92 Å². The van der Waals surface area contributed by atoms with Gasteiger partial charge in [0.1, 0.15) is 18.3 Å². The highest BCUT2D eigenvalue weighted by atomic mass is 35.5. The molecular formula is C37H42ClN3O5S2. The largest absolute Gasteiger partial charge is 0.494 e. The van der Waals surface area contributed by atoms with Gasteiger partial charge in [0.25, 0.3) is 10.0 Å². The highest BCUT2D eigenvalue weighted by Crippen LogP contribution is 2.28. The number of anilines is 1. The van der Waals surface area contributed by atoms with Crippen LogP contribution < -0.4 is 14.4 Å². The second kappa shape index (κ2) is 17.4. The second-order valence-corrected chi connectivity index (χ2v) is 14.7. The molecule has 4 aromatic rings. The maximum Gasteiger partial charge on any atom is 0.264 e. The van der Waals surface area contributed by atoms with E-state index in [2.05, 4.69) is 5.32 Å². The Morgan fingerprint density at radius 1 is 0.896 bits per heavy atom. The van der Waals surface area contributed by atoms with Crippen LogP contribution in [0.2, 0.25) is 5.02 Å².